The Bertz CT molecular complexity index is 1250. The van der Waals surface area contributed by atoms with Crippen LogP contribution in [0.15, 0.2) is 20.1 Å². The zero-order valence-corrected chi connectivity index (χ0v) is 22.0. The summed E-state index contributed by atoms with van der Waals surface area (Å²) >= 11 is 6.85. The van der Waals surface area contributed by atoms with Crippen LogP contribution in [0.3, 0.4) is 0 Å². The molecule has 17 heteroatoms. The van der Waals surface area contributed by atoms with Crippen molar-refractivity contribution in [3.63, 3.8) is 0 Å². The fraction of sp³-hybridized carbons (Fsp3) is 0.444. The topological polar surface area (TPSA) is 130 Å². The molecule has 0 unspecified atom stereocenters. The molecule has 2 amide bonds. The highest BCUT2D eigenvalue weighted by Gasteiger charge is 2.54. The number of aliphatic carboxylic acids is 1. The number of nitrogens with zero attached hydrogens (tertiary/aromatic N) is 5. The Morgan fingerprint density at radius 2 is 2.03 bits per heavy atom. The fourth-order valence-corrected chi connectivity index (χ4v) is 7.30. The summed E-state index contributed by atoms with van der Waals surface area (Å²) < 4.78 is 40.5. The monoisotopic (exact) mass is 612 g/mol. The van der Waals surface area contributed by atoms with Crippen LogP contribution in [-0.4, -0.2) is 70.7 Å². The molecule has 2 aliphatic rings. The zero-order chi connectivity index (χ0) is 25.7. The van der Waals surface area contributed by atoms with Crippen LogP contribution < -0.4 is 5.32 Å². The summed E-state index contributed by atoms with van der Waals surface area (Å²) in [6, 6.07) is -0.997. The molecule has 188 valence electrons. The van der Waals surface area contributed by atoms with Gasteiger partial charge in [0.05, 0.1) is 10.2 Å². The van der Waals surface area contributed by atoms with Crippen molar-refractivity contribution in [2.45, 2.75) is 42.3 Å². The van der Waals surface area contributed by atoms with E-state index in [-0.39, 0.29) is 15.9 Å². The summed E-state index contributed by atoms with van der Waals surface area (Å²) in [5.74, 6) is -1.94. The first kappa shape index (κ1) is 26.0. The number of aromatic nitrogens is 4. The van der Waals surface area contributed by atoms with Crippen molar-refractivity contribution in [1.29, 1.82) is 0 Å². The number of carbonyl (C=O) groups is 3. The molecular weight excluding hydrogens is 597 g/mol. The summed E-state index contributed by atoms with van der Waals surface area (Å²) in [5.41, 5.74) is -0.627. The molecule has 0 spiro atoms. The first-order valence-corrected chi connectivity index (χ1v) is 13.4. The molecule has 0 radical (unpaired) electrons. The third kappa shape index (κ3) is 5.08. The lowest BCUT2D eigenvalue weighted by atomic mass is 10.0. The maximum Gasteiger partial charge on any atom is 0.436 e. The highest BCUT2D eigenvalue weighted by Crippen LogP contribution is 2.42. The largest absolute Gasteiger partial charge is 0.477 e. The molecule has 4 heterocycles. The van der Waals surface area contributed by atoms with Crippen LogP contribution in [0.5, 0.6) is 0 Å². The Labute approximate surface area is 216 Å². The number of thioether (sulfide) groups is 2. The van der Waals surface area contributed by atoms with Gasteiger partial charge in [-0.1, -0.05) is 23.1 Å². The summed E-state index contributed by atoms with van der Waals surface area (Å²) in [4.78, 5) is 38.4. The molecule has 10 nitrogen and oxygen atoms in total. The van der Waals surface area contributed by atoms with E-state index in [2.05, 4.69) is 36.5 Å². The molecule has 0 aromatic carbocycles. The summed E-state index contributed by atoms with van der Waals surface area (Å²) in [7, 11) is 0. The van der Waals surface area contributed by atoms with Gasteiger partial charge in [-0.25, -0.2) is 4.79 Å². The second-order valence-corrected chi connectivity index (χ2v) is 11.8. The lowest BCUT2D eigenvalue weighted by molar-refractivity contribution is -0.150. The van der Waals surface area contributed by atoms with Crippen molar-refractivity contribution in [2.75, 3.05) is 11.5 Å². The minimum atomic E-state index is -4.70. The Hall–Kier alpha value is -2.11. The van der Waals surface area contributed by atoms with E-state index < -0.39 is 47.6 Å². The SMILES string of the molecule is Cc1nnc(SCC2=C(C(=O)O)N3C(=O)[C@H](NC(=O)Cn4nc(C(F)(F)F)c(Br)c4C)[C@@H]3SC2)s1. The van der Waals surface area contributed by atoms with E-state index in [9.17, 15) is 32.7 Å². The number of rotatable bonds is 7. The molecule has 2 aromatic heterocycles. The van der Waals surface area contributed by atoms with E-state index in [0.717, 1.165) is 14.6 Å². The van der Waals surface area contributed by atoms with E-state index in [1.807, 2.05) is 0 Å². The van der Waals surface area contributed by atoms with Gasteiger partial charge in [0.25, 0.3) is 5.91 Å². The first-order valence-electron chi connectivity index (χ1n) is 9.80. The van der Waals surface area contributed by atoms with Crippen molar-refractivity contribution in [1.82, 2.24) is 30.2 Å². The predicted molar refractivity (Wildman–Crippen MR) is 125 cm³/mol. The molecule has 1 fully saturated rings. The van der Waals surface area contributed by atoms with Gasteiger partial charge < -0.3 is 10.4 Å². The minimum Gasteiger partial charge on any atom is -0.477 e. The number of nitrogens with one attached hydrogen (secondary N) is 1. The third-order valence-electron chi connectivity index (χ3n) is 5.14. The van der Waals surface area contributed by atoms with Crippen LogP contribution in [0, 0.1) is 13.8 Å². The number of hydrogen-bond acceptors (Lipinski definition) is 9. The lowest BCUT2D eigenvalue weighted by Gasteiger charge is -2.49. The van der Waals surface area contributed by atoms with E-state index in [0.29, 0.717) is 21.4 Å². The van der Waals surface area contributed by atoms with Gasteiger partial charge in [-0.2, -0.15) is 18.3 Å². The highest BCUT2D eigenvalue weighted by molar-refractivity contribution is 9.10. The third-order valence-corrected chi connectivity index (χ3v) is 9.49. The van der Waals surface area contributed by atoms with Gasteiger partial charge in [-0.05, 0) is 35.4 Å². The summed E-state index contributed by atoms with van der Waals surface area (Å²) in [5, 5.41) is 23.8. The Balaban J connectivity index is 1.44. The van der Waals surface area contributed by atoms with E-state index in [1.54, 1.807) is 6.92 Å². The number of fused-ring (bicyclic) bond motifs is 1. The standard InChI is InChI=1S/C18H16BrF3N6O4S3/c1-6-10(19)13(18(20,21)22)26-27(6)3-9(29)23-11-14(30)28-12(16(31)32)8(4-33-15(11)28)5-34-17-25-24-7(2)35-17/h11,15H,3-5H2,1-2H3,(H,23,29)(H,31,32)/t11-,15-/m0/s1. The molecule has 35 heavy (non-hydrogen) atoms. The predicted octanol–water partition coefficient (Wildman–Crippen LogP) is 2.66. The van der Waals surface area contributed by atoms with Gasteiger partial charge >= 0.3 is 12.1 Å². The van der Waals surface area contributed by atoms with Crippen LogP contribution in [0.25, 0.3) is 0 Å². The minimum absolute atomic E-state index is 0.102. The van der Waals surface area contributed by atoms with E-state index >= 15 is 0 Å². The number of carboxylic acid groups (broad SMARTS) is 1. The van der Waals surface area contributed by atoms with Gasteiger partial charge in [-0.15, -0.1) is 22.0 Å². The molecule has 0 aliphatic carbocycles. The van der Waals surface area contributed by atoms with Crippen molar-refractivity contribution in [3.05, 3.63) is 32.1 Å². The van der Waals surface area contributed by atoms with E-state index in [4.69, 9.17) is 0 Å². The van der Waals surface area contributed by atoms with Gasteiger partial charge in [0.15, 0.2) is 10.0 Å². The Kier molecular flexibility index (Phi) is 7.23. The summed E-state index contributed by atoms with van der Waals surface area (Å²) in [6.45, 7) is 2.64. The van der Waals surface area contributed by atoms with Gasteiger partial charge in [0.2, 0.25) is 5.91 Å². The van der Waals surface area contributed by atoms with Crippen molar-refractivity contribution < 1.29 is 32.7 Å². The zero-order valence-electron chi connectivity index (χ0n) is 17.9. The van der Waals surface area contributed by atoms with Gasteiger partial charge in [0, 0.05) is 11.5 Å². The number of carboxylic acids is 1. The number of carbonyl (C=O) groups excluding carboxylic acids is 2. The molecule has 2 aromatic rings. The van der Waals surface area contributed by atoms with Crippen molar-refractivity contribution in [2.24, 2.45) is 0 Å². The van der Waals surface area contributed by atoms with Crippen LogP contribution in [0.4, 0.5) is 13.2 Å². The molecule has 2 aliphatic heterocycles. The quantitative estimate of drug-likeness (QED) is 0.358. The molecule has 1 saturated heterocycles. The smallest absolute Gasteiger partial charge is 0.436 e. The number of amides is 2. The molecule has 2 atom stereocenters. The molecule has 0 bridgehead atoms. The maximum atomic E-state index is 13.1. The number of alkyl halides is 3. The molecule has 2 N–H and O–H groups in total. The number of aryl methyl sites for hydroxylation is 1. The number of β-lactam (4-membered cyclic amide) rings is 1. The lowest BCUT2D eigenvalue weighted by Crippen LogP contribution is -2.70. The number of hydrogen-bond donors (Lipinski definition) is 2. The first-order chi connectivity index (χ1) is 16.4. The second-order valence-electron chi connectivity index (χ2n) is 7.49. The average molecular weight is 613 g/mol. The van der Waals surface area contributed by atoms with Crippen LogP contribution in [-0.2, 0) is 27.1 Å². The van der Waals surface area contributed by atoms with Crippen LogP contribution >= 0.6 is 50.8 Å². The Morgan fingerprint density at radius 3 is 2.60 bits per heavy atom. The average Bonchev–Trinajstić information content (AvgIpc) is 3.32. The maximum absolute atomic E-state index is 13.1. The van der Waals surface area contributed by atoms with Crippen molar-refractivity contribution in [3.8, 4) is 0 Å². The highest BCUT2D eigenvalue weighted by atomic mass is 79.9. The van der Waals surface area contributed by atoms with E-state index in [1.165, 1.54) is 41.8 Å². The van der Waals surface area contributed by atoms with Crippen LogP contribution in [0.1, 0.15) is 16.4 Å². The fourth-order valence-electron chi connectivity index (χ4n) is 3.49. The number of halogens is 4. The van der Waals surface area contributed by atoms with Crippen molar-refractivity contribution >= 4 is 68.6 Å². The molecular formula is C18H16BrF3N6O4S3. The Morgan fingerprint density at radius 1 is 1.31 bits per heavy atom. The van der Waals surface area contributed by atoms with Gasteiger partial charge in [0.1, 0.15) is 28.7 Å². The second kappa shape index (κ2) is 9.74. The summed E-state index contributed by atoms with van der Waals surface area (Å²) in [6.07, 6.45) is -4.70. The molecule has 4 rings (SSSR count). The van der Waals surface area contributed by atoms with Crippen LogP contribution in [0.2, 0.25) is 0 Å². The van der Waals surface area contributed by atoms with Gasteiger partial charge in [-0.3, -0.25) is 19.2 Å². The molecule has 0 saturated carbocycles. The normalized spacial score (nSPS) is 20.1.